The van der Waals surface area contributed by atoms with Crippen molar-refractivity contribution in [3.8, 4) is 17.4 Å². The molecule has 0 fully saturated rings. The molecule has 1 aromatic carbocycles. The molecule has 17 heavy (non-hydrogen) atoms. The van der Waals surface area contributed by atoms with Gasteiger partial charge >= 0.3 is 6.01 Å². The van der Waals surface area contributed by atoms with Crippen LogP contribution >= 0.6 is 0 Å². The Bertz CT molecular complexity index is 487. The number of anilines is 1. The molecule has 0 saturated carbocycles. The zero-order valence-electron chi connectivity index (χ0n) is 9.63. The summed E-state index contributed by atoms with van der Waals surface area (Å²) in [6, 6.07) is 9.88. The average molecular weight is 230 g/mol. The van der Waals surface area contributed by atoms with E-state index in [4.69, 9.17) is 10.5 Å². The van der Waals surface area contributed by atoms with Gasteiger partial charge in [0.05, 0.1) is 6.61 Å². The van der Waals surface area contributed by atoms with Crippen molar-refractivity contribution in [2.45, 2.75) is 13.3 Å². The van der Waals surface area contributed by atoms with Crippen LogP contribution < -0.4 is 10.5 Å². The Morgan fingerprint density at radius 1 is 1.12 bits per heavy atom. The van der Waals surface area contributed by atoms with Crippen LogP contribution in [0.25, 0.3) is 11.4 Å². The van der Waals surface area contributed by atoms with Gasteiger partial charge in [0.15, 0.2) is 5.82 Å². The van der Waals surface area contributed by atoms with Gasteiger partial charge < -0.3 is 10.5 Å². The average Bonchev–Trinajstić information content (AvgIpc) is 2.37. The maximum absolute atomic E-state index is 5.63. The molecule has 0 atom stereocenters. The third-order valence-corrected chi connectivity index (χ3v) is 2.10. The molecule has 88 valence electrons. The minimum absolute atomic E-state index is 0.171. The molecular weight excluding hydrogens is 216 g/mol. The van der Waals surface area contributed by atoms with Crippen molar-refractivity contribution in [2.75, 3.05) is 12.3 Å². The molecule has 0 aliphatic carbocycles. The molecule has 0 aliphatic heterocycles. The van der Waals surface area contributed by atoms with Crippen molar-refractivity contribution in [2.24, 2.45) is 0 Å². The van der Waals surface area contributed by atoms with E-state index in [-0.39, 0.29) is 12.0 Å². The maximum Gasteiger partial charge on any atom is 0.321 e. The Balaban J connectivity index is 2.32. The summed E-state index contributed by atoms with van der Waals surface area (Å²) in [6.45, 7) is 2.58. The highest BCUT2D eigenvalue weighted by Gasteiger charge is 2.06. The molecule has 0 spiro atoms. The highest BCUT2D eigenvalue weighted by Crippen LogP contribution is 2.17. The normalized spacial score (nSPS) is 10.2. The highest BCUT2D eigenvalue weighted by molar-refractivity contribution is 5.55. The van der Waals surface area contributed by atoms with E-state index in [2.05, 4.69) is 15.0 Å². The van der Waals surface area contributed by atoms with Crippen LogP contribution in [-0.2, 0) is 0 Å². The Labute approximate surface area is 99.7 Å². The number of ether oxygens (including phenoxy) is 1. The van der Waals surface area contributed by atoms with Crippen LogP contribution in [-0.4, -0.2) is 21.6 Å². The summed E-state index contributed by atoms with van der Waals surface area (Å²) in [4.78, 5) is 12.2. The third kappa shape index (κ3) is 2.90. The number of nitrogens with two attached hydrogens (primary N) is 1. The van der Waals surface area contributed by atoms with Gasteiger partial charge in [-0.1, -0.05) is 37.3 Å². The Morgan fingerprint density at radius 3 is 2.59 bits per heavy atom. The van der Waals surface area contributed by atoms with Crippen LogP contribution in [0.15, 0.2) is 30.3 Å². The topological polar surface area (TPSA) is 73.9 Å². The van der Waals surface area contributed by atoms with Gasteiger partial charge in [0.2, 0.25) is 5.95 Å². The lowest BCUT2D eigenvalue weighted by molar-refractivity contribution is 0.292. The second-order valence-electron chi connectivity index (χ2n) is 3.51. The fourth-order valence-electron chi connectivity index (χ4n) is 1.35. The predicted octanol–water partition coefficient (Wildman–Crippen LogP) is 1.91. The first-order valence-electron chi connectivity index (χ1n) is 5.49. The number of rotatable bonds is 4. The van der Waals surface area contributed by atoms with Gasteiger partial charge in [0.25, 0.3) is 0 Å². The Hall–Kier alpha value is -2.17. The van der Waals surface area contributed by atoms with Crippen LogP contribution in [0.4, 0.5) is 5.95 Å². The van der Waals surface area contributed by atoms with Gasteiger partial charge in [0, 0.05) is 5.56 Å². The summed E-state index contributed by atoms with van der Waals surface area (Å²) in [5, 5.41) is 0. The number of hydrogen-bond donors (Lipinski definition) is 1. The first-order valence-corrected chi connectivity index (χ1v) is 5.49. The predicted molar refractivity (Wildman–Crippen MR) is 65.5 cm³/mol. The molecular formula is C12H14N4O. The van der Waals surface area contributed by atoms with Gasteiger partial charge in [-0.3, -0.25) is 0 Å². The fraction of sp³-hybridized carbons (Fsp3) is 0.250. The van der Waals surface area contributed by atoms with Crippen molar-refractivity contribution in [1.29, 1.82) is 0 Å². The SMILES string of the molecule is CCCOc1nc(N)nc(-c2ccccc2)n1. The molecule has 2 rings (SSSR count). The highest BCUT2D eigenvalue weighted by atomic mass is 16.5. The van der Waals surface area contributed by atoms with Crippen LogP contribution in [0.2, 0.25) is 0 Å². The first kappa shape index (κ1) is 11.3. The van der Waals surface area contributed by atoms with Crippen molar-refractivity contribution in [1.82, 2.24) is 15.0 Å². The van der Waals surface area contributed by atoms with Crippen LogP contribution in [0.5, 0.6) is 6.01 Å². The van der Waals surface area contributed by atoms with Gasteiger partial charge in [-0.05, 0) is 6.42 Å². The van der Waals surface area contributed by atoms with E-state index >= 15 is 0 Å². The Morgan fingerprint density at radius 2 is 1.88 bits per heavy atom. The van der Waals surface area contributed by atoms with Gasteiger partial charge in [-0.15, -0.1) is 0 Å². The molecule has 0 amide bonds. The molecule has 0 radical (unpaired) electrons. The van der Waals surface area contributed by atoms with Crippen molar-refractivity contribution in [3.63, 3.8) is 0 Å². The maximum atomic E-state index is 5.63. The molecule has 5 nitrogen and oxygen atoms in total. The molecule has 5 heteroatoms. The lowest BCUT2D eigenvalue weighted by atomic mass is 10.2. The minimum Gasteiger partial charge on any atom is -0.463 e. The lowest BCUT2D eigenvalue weighted by Crippen LogP contribution is -2.05. The van der Waals surface area contributed by atoms with E-state index in [0.29, 0.717) is 12.4 Å². The standard InChI is InChI=1S/C12H14N4O/c1-2-8-17-12-15-10(14-11(13)16-12)9-6-4-3-5-7-9/h3-7H,2,8H2,1H3,(H2,13,14,15,16). The molecule has 0 unspecified atom stereocenters. The number of hydrogen-bond acceptors (Lipinski definition) is 5. The number of nitrogen functional groups attached to an aromatic ring is 1. The molecule has 2 N–H and O–H groups in total. The van der Waals surface area contributed by atoms with E-state index in [1.165, 1.54) is 0 Å². The molecule has 0 saturated heterocycles. The van der Waals surface area contributed by atoms with E-state index < -0.39 is 0 Å². The Kier molecular flexibility index (Phi) is 3.49. The quantitative estimate of drug-likeness (QED) is 0.868. The summed E-state index contributed by atoms with van der Waals surface area (Å²) in [6.07, 6.45) is 0.895. The minimum atomic E-state index is 0.171. The van der Waals surface area contributed by atoms with Crippen molar-refractivity contribution >= 4 is 5.95 Å². The van der Waals surface area contributed by atoms with Gasteiger partial charge in [-0.2, -0.15) is 15.0 Å². The molecule has 1 aromatic heterocycles. The van der Waals surface area contributed by atoms with E-state index in [0.717, 1.165) is 12.0 Å². The second kappa shape index (κ2) is 5.25. The van der Waals surface area contributed by atoms with E-state index in [9.17, 15) is 0 Å². The van der Waals surface area contributed by atoms with Crippen LogP contribution in [0, 0.1) is 0 Å². The molecule has 0 bridgehead atoms. The summed E-state index contributed by atoms with van der Waals surface area (Å²) in [5.74, 6) is 0.703. The number of nitrogens with zero attached hydrogens (tertiary/aromatic N) is 3. The zero-order chi connectivity index (χ0) is 12.1. The van der Waals surface area contributed by atoms with Crippen molar-refractivity contribution in [3.05, 3.63) is 30.3 Å². The summed E-state index contributed by atoms with van der Waals surface area (Å²) < 4.78 is 5.36. The lowest BCUT2D eigenvalue weighted by Gasteiger charge is -2.05. The second-order valence-corrected chi connectivity index (χ2v) is 3.51. The molecule has 2 aromatic rings. The summed E-state index contributed by atoms with van der Waals surface area (Å²) in [7, 11) is 0. The molecule has 0 aliphatic rings. The summed E-state index contributed by atoms with van der Waals surface area (Å²) in [5.41, 5.74) is 6.52. The number of benzene rings is 1. The number of aromatic nitrogens is 3. The fourth-order valence-corrected chi connectivity index (χ4v) is 1.35. The van der Waals surface area contributed by atoms with Gasteiger partial charge in [0.1, 0.15) is 0 Å². The van der Waals surface area contributed by atoms with Crippen LogP contribution in [0.1, 0.15) is 13.3 Å². The zero-order valence-corrected chi connectivity index (χ0v) is 9.63. The van der Waals surface area contributed by atoms with Crippen molar-refractivity contribution < 1.29 is 4.74 Å². The van der Waals surface area contributed by atoms with Crippen LogP contribution in [0.3, 0.4) is 0 Å². The molecule has 1 heterocycles. The first-order chi connectivity index (χ1) is 8.29. The third-order valence-electron chi connectivity index (χ3n) is 2.10. The largest absolute Gasteiger partial charge is 0.463 e. The monoisotopic (exact) mass is 230 g/mol. The summed E-state index contributed by atoms with van der Waals surface area (Å²) >= 11 is 0. The smallest absolute Gasteiger partial charge is 0.321 e. The van der Waals surface area contributed by atoms with E-state index in [1.807, 2.05) is 37.3 Å². The van der Waals surface area contributed by atoms with Gasteiger partial charge in [-0.25, -0.2) is 0 Å². The van der Waals surface area contributed by atoms with E-state index in [1.54, 1.807) is 0 Å².